The van der Waals surface area contributed by atoms with E-state index in [9.17, 15) is 0 Å². The fourth-order valence-corrected chi connectivity index (χ4v) is 2.53. The van der Waals surface area contributed by atoms with Crippen LogP contribution in [0, 0.1) is 0 Å². The maximum absolute atomic E-state index is 4.36. The summed E-state index contributed by atoms with van der Waals surface area (Å²) >= 11 is 0. The zero-order valence-corrected chi connectivity index (χ0v) is 18.0. The van der Waals surface area contributed by atoms with E-state index in [0.29, 0.717) is 6.54 Å². The summed E-state index contributed by atoms with van der Waals surface area (Å²) < 4.78 is 3.59. The molecular weight excluding hydrogens is 433 g/mol. The second-order valence-corrected chi connectivity index (χ2v) is 6.01. The molecule has 0 aliphatic rings. The largest absolute Gasteiger partial charge is 0.354 e. The minimum atomic E-state index is 0. The lowest BCUT2D eigenvalue weighted by molar-refractivity contribution is 0.295. The van der Waals surface area contributed by atoms with Crippen molar-refractivity contribution in [1.82, 2.24) is 39.7 Å². The van der Waals surface area contributed by atoms with Crippen molar-refractivity contribution in [3.8, 4) is 0 Å². The number of hydrogen-bond donors (Lipinski definition) is 1. The number of aromatic nitrogens is 5. The molecule has 0 saturated heterocycles. The first-order chi connectivity index (χ1) is 11.4. The van der Waals surface area contributed by atoms with Gasteiger partial charge in [-0.2, -0.15) is 10.2 Å². The number of guanidine groups is 1. The highest BCUT2D eigenvalue weighted by atomic mass is 127. The molecule has 2 rings (SSSR count). The topological polar surface area (TPSA) is 79.4 Å². The van der Waals surface area contributed by atoms with E-state index in [4.69, 9.17) is 0 Å². The van der Waals surface area contributed by atoms with Gasteiger partial charge in [0.2, 0.25) is 0 Å². The molecule has 1 N–H and O–H groups in total. The summed E-state index contributed by atoms with van der Waals surface area (Å²) in [4.78, 5) is 12.8. The van der Waals surface area contributed by atoms with Crippen LogP contribution in [0.2, 0.25) is 0 Å². The van der Waals surface area contributed by atoms with Gasteiger partial charge in [-0.05, 0) is 14.1 Å². The number of halogens is 1. The van der Waals surface area contributed by atoms with Crippen molar-refractivity contribution in [2.75, 3.05) is 34.7 Å². The molecule has 0 aliphatic heterocycles. The van der Waals surface area contributed by atoms with Crippen LogP contribution in [-0.2, 0) is 20.6 Å². The van der Waals surface area contributed by atoms with Crippen LogP contribution in [0.1, 0.15) is 17.4 Å². The first kappa shape index (κ1) is 21.4. The van der Waals surface area contributed by atoms with Crippen molar-refractivity contribution >= 4 is 29.9 Å². The van der Waals surface area contributed by atoms with E-state index >= 15 is 0 Å². The zero-order chi connectivity index (χ0) is 17.7. The maximum atomic E-state index is 4.36. The van der Waals surface area contributed by atoms with Crippen LogP contribution in [0.4, 0.5) is 0 Å². The Morgan fingerprint density at radius 3 is 2.48 bits per heavy atom. The Labute approximate surface area is 166 Å². The highest BCUT2D eigenvalue weighted by Crippen LogP contribution is 2.16. The molecule has 1 unspecified atom stereocenters. The van der Waals surface area contributed by atoms with Gasteiger partial charge < -0.3 is 15.1 Å². The van der Waals surface area contributed by atoms with E-state index in [0.717, 1.165) is 18.3 Å². The van der Waals surface area contributed by atoms with Crippen LogP contribution in [0.5, 0.6) is 0 Å². The summed E-state index contributed by atoms with van der Waals surface area (Å²) in [6.45, 7) is 1.37. The molecule has 2 aromatic heterocycles. The molecule has 9 nitrogen and oxygen atoms in total. The molecule has 0 bridgehead atoms. The van der Waals surface area contributed by atoms with Gasteiger partial charge in [0.15, 0.2) is 5.96 Å². The monoisotopic (exact) mass is 461 g/mol. The van der Waals surface area contributed by atoms with Crippen molar-refractivity contribution in [1.29, 1.82) is 0 Å². The third-order valence-electron chi connectivity index (χ3n) is 3.94. The highest BCUT2D eigenvalue weighted by molar-refractivity contribution is 14.0. The van der Waals surface area contributed by atoms with Gasteiger partial charge >= 0.3 is 0 Å². The third kappa shape index (κ3) is 5.66. The van der Waals surface area contributed by atoms with Crippen molar-refractivity contribution in [3.05, 3.63) is 30.1 Å². The third-order valence-corrected chi connectivity index (χ3v) is 3.94. The van der Waals surface area contributed by atoms with Gasteiger partial charge in [-0.3, -0.25) is 14.4 Å². The predicted octanol–water partition coefficient (Wildman–Crippen LogP) is 0.477. The van der Waals surface area contributed by atoms with E-state index < -0.39 is 0 Å². The minimum Gasteiger partial charge on any atom is -0.354 e. The van der Waals surface area contributed by atoms with Gasteiger partial charge in [0.25, 0.3) is 0 Å². The van der Waals surface area contributed by atoms with Gasteiger partial charge in [-0.1, -0.05) is 0 Å². The Morgan fingerprint density at radius 1 is 1.28 bits per heavy atom. The molecule has 2 aromatic rings. The summed E-state index contributed by atoms with van der Waals surface area (Å²) in [6.07, 6.45) is 5.50. The number of nitrogens with one attached hydrogen (secondary N) is 1. The summed E-state index contributed by atoms with van der Waals surface area (Å²) in [6, 6.07) is 0.207. The normalized spacial score (nSPS) is 12.8. The second-order valence-electron chi connectivity index (χ2n) is 6.01. The Bertz CT molecular complexity index is 676. The first-order valence-electron chi connectivity index (χ1n) is 7.82. The Balaban J connectivity index is 0.00000312. The van der Waals surface area contributed by atoms with Gasteiger partial charge in [0.1, 0.15) is 12.2 Å². The first-order valence-corrected chi connectivity index (χ1v) is 7.82. The fourth-order valence-electron chi connectivity index (χ4n) is 2.53. The molecule has 0 spiro atoms. The molecule has 0 aromatic carbocycles. The number of hydrogen-bond acceptors (Lipinski definition) is 5. The maximum Gasteiger partial charge on any atom is 0.193 e. The Hall–Kier alpha value is -1.69. The summed E-state index contributed by atoms with van der Waals surface area (Å²) in [5.74, 6) is 1.70. The fraction of sp³-hybridized carbons (Fsp3) is 0.600. The van der Waals surface area contributed by atoms with E-state index in [1.54, 1.807) is 18.1 Å². The number of aliphatic imine (C=N–C) groups is 1. The minimum absolute atomic E-state index is 0. The lowest BCUT2D eigenvalue weighted by Gasteiger charge is -2.27. The Morgan fingerprint density at radius 2 is 2.00 bits per heavy atom. The molecule has 0 saturated carbocycles. The van der Waals surface area contributed by atoms with Crippen molar-refractivity contribution in [3.63, 3.8) is 0 Å². The van der Waals surface area contributed by atoms with Gasteiger partial charge in [-0.25, -0.2) is 4.98 Å². The second kappa shape index (κ2) is 9.70. The van der Waals surface area contributed by atoms with Crippen molar-refractivity contribution in [2.45, 2.75) is 12.6 Å². The number of rotatable bonds is 6. The average molecular weight is 461 g/mol. The highest BCUT2D eigenvalue weighted by Gasteiger charge is 2.18. The summed E-state index contributed by atoms with van der Waals surface area (Å²) in [5.41, 5.74) is 1.17. The van der Waals surface area contributed by atoms with Gasteiger partial charge in [-0.15, -0.1) is 24.0 Å². The molecule has 0 aliphatic carbocycles. The molecule has 140 valence electrons. The predicted molar refractivity (Wildman–Crippen MR) is 109 cm³/mol. The van der Waals surface area contributed by atoms with Gasteiger partial charge in [0.05, 0.1) is 18.8 Å². The molecule has 0 fully saturated rings. The van der Waals surface area contributed by atoms with E-state index in [1.165, 1.54) is 5.56 Å². The molecule has 10 heteroatoms. The van der Waals surface area contributed by atoms with Crippen LogP contribution in [0.3, 0.4) is 0 Å². The lowest BCUT2D eigenvalue weighted by Crippen LogP contribution is -2.42. The number of aryl methyl sites for hydroxylation is 2. The molecular formula is C15H28IN9. The van der Waals surface area contributed by atoms with Crippen LogP contribution >= 0.6 is 24.0 Å². The summed E-state index contributed by atoms with van der Waals surface area (Å²) in [5, 5.41) is 11.8. The molecule has 2 heterocycles. The summed E-state index contributed by atoms with van der Waals surface area (Å²) in [7, 11) is 11.7. The van der Waals surface area contributed by atoms with Crippen molar-refractivity contribution < 1.29 is 0 Å². The van der Waals surface area contributed by atoms with E-state index in [-0.39, 0.29) is 30.0 Å². The molecule has 1 atom stereocenters. The van der Waals surface area contributed by atoms with Crippen molar-refractivity contribution in [2.24, 2.45) is 19.1 Å². The van der Waals surface area contributed by atoms with Crippen LogP contribution in [0.15, 0.2) is 23.7 Å². The SMILES string of the molecule is CN=C(NCC(c1cnn(C)c1)N(C)C)N(C)Cc1ncnn1C.I. The molecule has 0 amide bonds. The van der Waals surface area contributed by atoms with Crippen LogP contribution in [-0.4, -0.2) is 75.0 Å². The van der Waals surface area contributed by atoms with Crippen LogP contribution < -0.4 is 5.32 Å². The average Bonchev–Trinajstić information content (AvgIpc) is 3.12. The number of likely N-dealkylation sites (N-methyl/N-ethyl adjacent to an activating group) is 1. The standard InChI is InChI=1S/C15H27N9.HI/c1-16-15(22(4)10-14-18-11-20-24(14)6)17-8-13(21(2)3)12-7-19-23(5)9-12;/h7,9,11,13H,8,10H2,1-6H3,(H,16,17);1H. The quantitative estimate of drug-likeness (QED) is 0.383. The number of nitrogens with zero attached hydrogens (tertiary/aromatic N) is 8. The smallest absolute Gasteiger partial charge is 0.193 e. The lowest BCUT2D eigenvalue weighted by atomic mass is 10.1. The van der Waals surface area contributed by atoms with E-state index in [2.05, 4.69) is 44.5 Å². The van der Waals surface area contributed by atoms with E-state index in [1.807, 2.05) is 43.1 Å². The zero-order valence-electron chi connectivity index (χ0n) is 15.7. The van der Waals surface area contributed by atoms with Crippen LogP contribution in [0.25, 0.3) is 0 Å². The molecule has 25 heavy (non-hydrogen) atoms. The van der Waals surface area contributed by atoms with Gasteiger partial charge in [0, 0.05) is 46.5 Å². The molecule has 0 radical (unpaired) electrons. The Kier molecular flexibility index (Phi) is 8.29.